The lowest BCUT2D eigenvalue weighted by Gasteiger charge is -2.20. The van der Waals surface area contributed by atoms with Crippen molar-refractivity contribution in [2.75, 3.05) is 24.3 Å². The van der Waals surface area contributed by atoms with Gasteiger partial charge in [0.2, 0.25) is 0 Å². The van der Waals surface area contributed by atoms with Crippen molar-refractivity contribution < 1.29 is 14.3 Å². The number of carbonyl (C=O) groups excluding carboxylic acids is 1. The second-order valence-electron chi connectivity index (χ2n) is 5.48. The van der Waals surface area contributed by atoms with E-state index >= 15 is 0 Å². The standard InChI is InChI=1S/C14H20N2O3/c1-14(2,3)19-13(17)16-11-6-5-10-9(7-8-15-10)12(11)18-4/h5-6,15H,7-8H2,1-4H3,(H,16,17). The van der Waals surface area contributed by atoms with E-state index in [0.29, 0.717) is 11.4 Å². The van der Waals surface area contributed by atoms with E-state index in [2.05, 4.69) is 10.6 Å². The lowest BCUT2D eigenvalue weighted by atomic mass is 10.1. The molecule has 0 saturated carbocycles. The second kappa shape index (κ2) is 4.99. The average Bonchev–Trinajstić information content (AvgIpc) is 2.74. The van der Waals surface area contributed by atoms with Crippen LogP contribution in [0.3, 0.4) is 0 Å². The first kappa shape index (κ1) is 13.5. The number of amides is 1. The van der Waals surface area contributed by atoms with Gasteiger partial charge < -0.3 is 14.8 Å². The molecular formula is C14H20N2O3. The summed E-state index contributed by atoms with van der Waals surface area (Å²) in [7, 11) is 1.61. The topological polar surface area (TPSA) is 59.6 Å². The van der Waals surface area contributed by atoms with Gasteiger partial charge in [0, 0.05) is 17.8 Å². The molecule has 104 valence electrons. The van der Waals surface area contributed by atoms with Crippen LogP contribution in [0.25, 0.3) is 0 Å². The largest absolute Gasteiger partial charge is 0.494 e. The Labute approximate surface area is 113 Å². The molecule has 5 heteroatoms. The normalized spacial score (nSPS) is 13.5. The predicted octanol–water partition coefficient (Wildman–Crippen LogP) is 3.01. The highest BCUT2D eigenvalue weighted by molar-refractivity contribution is 5.88. The van der Waals surface area contributed by atoms with Crippen molar-refractivity contribution in [2.45, 2.75) is 32.8 Å². The van der Waals surface area contributed by atoms with Crippen LogP contribution in [0.15, 0.2) is 12.1 Å². The lowest BCUT2D eigenvalue weighted by Crippen LogP contribution is -2.27. The highest BCUT2D eigenvalue weighted by Crippen LogP contribution is 2.37. The van der Waals surface area contributed by atoms with E-state index in [0.717, 1.165) is 24.2 Å². The quantitative estimate of drug-likeness (QED) is 0.862. The summed E-state index contributed by atoms with van der Waals surface area (Å²) >= 11 is 0. The van der Waals surface area contributed by atoms with Gasteiger partial charge in [0.1, 0.15) is 11.4 Å². The fourth-order valence-electron chi connectivity index (χ4n) is 2.11. The monoisotopic (exact) mass is 264 g/mol. The summed E-state index contributed by atoms with van der Waals surface area (Å²) in [6.07, 6.45) is 0.416. The van der Waals surface area contributed by atoms with E-state index in [1.165, 1.54) is 0 Å². The smallest absolute Gasteiger partial charge is 0.412 e. The number of methoxy groups -OCH3 is 1. The zero-order valence-corrected chi connectivity index (χ0v) is 11.8. The summed E-state index contributed by atoms with van der Waals surface area (Å²) in [5, 5.41) is 6.00. The fourth-order valence-corrected chi connectivity index (χ4v) is 2.11. The number of carbonyl (C=O) groups is 1. The van der Waals surface area contributed by atoms with Crippen LogP contribution >= 0.6 is 0 Å². The molecule has 0 unspecified atom stereocenters. The van der Waals surface area contributed by atoms with E-state index in [9.17, 15) is 4.79 Å². The van der Waals surface area contributed by atoms with Crippen molar-refractivity contribution in [1.29, 1.82) is 0 Å². The molecule has 0 fully saturated rings. The number of rotatable bonds is 2. The van der Waals surface area contributed by atoms with Crippen molar-refractivity contribution in [1.82, 2.24) is 0 Å². The van der Waals surface area contributed by atoms with Crippen LogP contribution in [0.1, 0.15) is 26.3 Å². The van der Waals surface area contributed by atoms with Gasteiger partial charge in [-0.1, -0.05) is 0 Å². The number of anilines is 2. The van der Waals surface area contributed by atoms with Crippen molar-refractivity contribution in [3.05, 3.63) is 17.7 Å². The zero-order valence-electron chi connectivity index (χ0n) is 11.8. The molecule has 5 nitrogen and oxygen atoms in total. The Morgan fingerprint density at radius 2 is 2.11 bits per heavy atom. The third kappa shape index (κ3) is 3.10. The van der Waals surface area contributed by atoms with Gasteiger partial charge in [0.25, 0.3) is 0 Å². The molecule has 1 amide bonds. The first-order chi connectivity index (χ1) is 8.90. The molecule has 2 N–H and O–H groups in total. The number of fused-ring (bicyclic) bond motifs is 1. The first-order valence-corrected chi connectivity index (χ1v) is 6.34. The number of benzene rings is 1. The molecule has 0 spiro atoms. The Bertz CT molecular complexity index is 492. The van der Waals surface area contributed by atoms with E-state index in [1.807, 2.05) is 32.9 Å². The maximum atomic E-state index is 11.8. The predicted molar refractivity (Wildman–Crippen MR) is 75.0 cm³/mol. The molecule has 0 aromatic heterocycles. The summed E-state index contributed by atoms with van der Waals surface area (Å²) in [6.45, 7) is 6.38. The van der Waals surface area contributed by atoms with E-state index in [4.69, 9.17) is 9.47 Å². The Morgan fingerprint density at radius 1 is 1.37 bits per heavy atom. The molecule has 2 rings (SSSR count). The zero-order chi connectivity index (χ0) is 14.0. The molecule has 1 aliphatic rings. The van der Waals surface area contributed by atoms with E-state index in [1.54, 1.807) is 7.11 Å². The van der Waals surface area contributed by atoms with Crippen molar-refractivity contribution in [2.24, 2.45) is 0 Å². The molecule has 19 heavy (non-hydrogen) atoms. The number of hydrogen-bond donors (Lipinski definition) is 2. The van der Waals surface area contributed by atoms with Crippen LogP contribution in [0.4, 0.5) is 16.2 Å². The maximum Gasteiger partial charge on any atom is 0.412 e. The van der Waals surface area contributed by atoms with Crippen molar-refractivity contribution in [3.63, 3.8) is 0 Å². The summed E-state index contributed by atoms with van der Waals surface area (Å²) < 4.78 is 10.6. The molecule has 0 aliphatic carbocycles. The van der Waals surface area contributed by atoms with Gasteiger partial charge in [-0.25, -0.2) is 4.79 Å². The third-order valence-electron chi connectivity index (χ3n) is 2.79. The molecule has 0 bridgehead atoms. The highest BCUT2D eigenvalue weighted by atomic mass is 16.6. The molecule has 1 aliphatic heterocycles. The Morgan fingerprint density at radius 3 is 2.74 bits per heavy atom. The van der Waals surface area contributed by atoms with Gasteiger partial charge in [0.15, 0.2) is 0 Å². The van der Waals surface area contributed by atoms with Crippen LogP contribution in [-0.4, -0.2) is 25.3 Å². The van der Waals surface area contributed by atoms with Gasteiger partial charge in [-0.3, -0.25) is 5.32 Å². The minimum Gasteiger partial charge on any atom is -0.494 e. The van der Waals surface area contributed by atoms with Gasteiger partial charge in [0.05, 0.1) is 12.8 Å². The summed E-state index contributed by atoms with van der Waals surface area (Å²) in [4.78, 5) is 11.8. The highest BCUT2D eigenvalue weighted by Gasteiger charge is 2.21. The fraction of sp³-hybridized carbons (Fsp3) is 0.500. The number of hydrogen-bond acceptors (Lipinski definition) is 4. The summed E-state index contributed by atoms with van der Waals surface area (Å²) in [5.41, 5.74) is 2.28. The average molecular weight is 264 g/mol. The SMILES string of the molecule is COc1c(NC(=O)OC(C)(C)C)ccc2c1CCN2. The Balaban J connectivity index is 2.19. The summed E-state index contributed by atoms with van der Waals surface area (Å²) in [6, 6.07) is 3.76. The Kier molecular flexibility index (Phi) is 3.55. The molecular weight excluding hydrogens is 244 g/mol. The molecule has 1 aromatic rings. The van der Waals surface area contributed by atoms with Crippen LogP contribution in [0.5, 0.6) is 5.75 Å². The van der Waals surface area contributed by atoms with Crippen LogP contribution < -0.4 is 15.4 Å². The maximum absolute atomic E-state index is 11.8. The number of ether oxygens (including phenoxy) is 2. The van der Waals surface area contributed by atoms with Crippen LogP contribution in [-0.2, 0) is 11.2 Å². The van der Waals surface area contributed by atoms with Crippen LogP contribution in [0, 0.1) is 0 Å². The minimum atomic E-state index is -0.518. The van der Waals surface area contributed by atoms with Gasteiger partial charge in [-0.15, -0.1) is 0 Å². The molecule has 0 saturated heterocycles. The number of nitrogens with one attached hydrogen (secondary N) is 2. The molecule has 1 heterocycles. The molecule has 0 atom stereocenters. The Hall–Kier alpha value is -1.91. The lowest BCUT2D eigenvalue weighted by molar-refractivity contribution is 0.0635. The van der Waals surface area contributed by atoms with Crippen LogP contribution in [0.2, 0.25) is 0 Å². The minimum absolute atomic E-state index is 0.475. The van der Waals surface area contributed by atoms with Gasteiger partial charge >= 0.3 is 6.09 Å². The van der Waals surface area contributed by atoms with E-state index in [-0.39, 0.29) is 0 Å². The molecule has 1 aromatic carbocycles. The first-order valence-electron chi connectivity index (χ1n) is 6.34. The van der Waals surface area contributed by atoms with Gasteiger partial charge in [-0.05, 0) is 39.3 Å². The summed E-state index contributed by atoms with van der Waals surface area (Å²) in [5.74, 6) is 0.702. The third-order valence-corrected chi connectivity index (χ3v) is 2.79. The van der Waals surface area contributed by atoms with E-state index < -0.39 is 11.7 Å². The second-order valence-corrected chi connectivity index (χ2v) is 5.48. The van der Waals surface area contributed by atoms with Crippen molar-refractivity contribution in [3.8, 4) is 5.75 Å². The van der Waals surface area contributed by atoms with Gasteiger partial charge in [-0.2, -0.15) is 0 Å². The molecule has 0 radical (unpaired) electrons. The van der Waals surface area contributed by atoms with Crippen molar-refractivity contribution >= 4 is 17.5 Å².